The standard InChI is InChI=1S/C7H10O4S/c1-3-4-5-6-7(8)11-12(2,9)10/h1H,4-6H2,2H3. The molecule has 0 aliphatic heterocycles. The van der Waals surface area contributed by atoms with E-state index in [0.29, 0.717) is 12.8 Å². The van der Waals surface area contributed by atoms with E-state index in [9.17, 15) is 13.2 Å². The van der Waals surface area contributed by atoms with Gasteiger partial charge >= 0.3 is 16.1 Å². The summed E-state index contributed by atoms with van der Waals surface area (Å²) in [5.41, 5.74) is 0. The van der Waals surface area contributed by atoms with Crippen LogP contribution in [0.15, 0.2) is 0 Å². The number of rotatable bonds is 4. The van der Waals surface area contributed by atoms with Crippen LogP contribution in [0.25, 0.3) is 0 Å². The maximum atomic E-state index is 10.7. The highest BCUT2D eigenvalue weighted by molar-refractivity contribution is 7.86. The fraction of sp³-hybridized carbons (Fsp3) is 0.571. The molecule has 0 amide bonds. The third-order valence-electron chi connectivity index (χ3n) is 0.946. The van der Waals surface area contributed by atoms with E-state index >= 15 is 0 Å². The Morgan fingerprint density at radius 3 is 2.58 bits per heavy atom. The molecule has 0 aliphatic rings. The van der Waals surface area contributed by atoms with Gasteiger partial charge in [-0.1, -0.05) is 0 Å². The van der Waals surface area contributed by atoms with Crippen molar-refractivity contribution < 1.29 is 17.4 Å². The summed E-state index contributed by atoms with van der Waals surface area (Å²) in [6, 6.07) is 0. The second-order valence-corrected chi connectivity index (χ2v) is 3.79. The first-order chi connectivity index (χ1) is 5.45. The summed E-state index contributed by atoms with van der Waals surface area (Å²) >= 11 is 0. The third kappa shape index (κ3) is 7.09. The zero-order chi connectivity index (χ0) is 9.61. The van der Waals surface area contributed by atoms with Gasteiger partial charge in [-0.2, -0.15) is 8.42 Å². The van der Waals surface area contributed by atoms with Gasteiger partial charge in [0.05, 0.1) is 6.26 Å². The molecule has 0 bridgehead atoms. The quantitative estimate of drug-likeness (QED) is 0.363. The van der Waals surface area contributed by atoms with Gasteiger partial charge in [-0.15, -0.1) is 12.3 Å². The van der Waals surface area contributed by atoms with Crippen LogP contribution in [0, 0.1) is 12.3 Å². The minimum Gasteiger partial charge on any atom is -0.346 e. The van der Waals surface area contributed by atoms with Crippen molar-refractivity contribution in [2.75, 3.05) is 6.26 Å². The molecule has 0 unspecified atom stereocenters. The van der Waals surface area contributed by atoms with Crippen molar-refractivity contribution in [3.8, 4) is 12.3 Å². The Bertz CT molecular complexity index is 283. The fourth-order valence-corrected chi connectivity index (χ4v) is 0.966. The Balaban J connectivity index is 3.71. The summed E-state index contributed by atoms with van der Waals surface area (Å²) in [6.45, 7) is 0. The number of carbonyl (C=O) groups is 1. The first-order valence-electron chi connectivity index (χ1n) is 3.31. The van der Waals surface area contributed by atoms with Crippen LogP contribution < -0.4 is 0 Å². The molecule has 12 heavy (non-hydrogen) atoms. The predicted octanol–water partition coefficient (Wildman–Crippen LogP) is 0.293. The number of hydrogen-bond donors (Lipinski definition) is 0. The monoisotopic (exact) mass is 190 g/mol. The summed E-state index contributed by atoms with van der Waals surface area (Å²) in [4.78, 5) is 10.7. The van der Waals surface area contributed by atoms with Crippen LogP contribution in [0.2, 0.25) is 0 Å². The van der Waals surface area contributed by atoms with Gasteiger partial charge in [-0.3, -0.25) is 4.79 Å². The Hall–Kier alpha value is -1.02. The van der Waals surface area contributed by atoms with Crippen LogP contribution in [-0.4, -0.2) is 20.6 Å². The minimum absolute atomic E-state index is 0.0390. The second-order valence-electron chi connectivity index (χ2n) is 2.22. The van der Waals surface area contributed by atoms with E-state index in [2.05, 4.69) is 10.1 Å². The van der Waals surface area contributed by atoms with Gasteiger partial charge < -0.3 is 4.18 Å². The molecule has 4 nitrogen and oxygen atoms in total. The molecule has 0 heterocycles. The first kappa shape index (κ1) is 11.0. The van der Waals surface area contributed by atoms with Crippen LogP contribution in [0.1, 0.15) is 19.3 Å². The van der Waals surface area contributed by atoms with Gasteiger partial charge in [0.2, 0.25) is 0 Å². The van der Waals surface area contributed by atoms with Gasteiger partial charge in [0.1, 0.15) is 0 Å². The minimum atomic E-state index is -3.66. The zero-order valence-electron chi connectivity index (χ0n) is 6.74. The van der Waals surface area contributed by atoms with E-state index in [0.717, 1.165) is 6.26 Å². The molecule has 0 aromatic carbocycles. The summed E-state index contributed by atoms with van der Waals surface area (Å²) < 4.78 is 24.8. The summed E-state index contributed by atoms with van der Waals surface area (Å²) in [5.74, 6) is 1.57. The van der Waals surface area contributed by atoms with Crippen molar-refractivity contribution in [3.05, 3.63) is 0 Å². The van der Waals surface area contributed by atoms with Gasteiger partial charge in [-0.25, -0.2) is 0 Å². The SMILES string of the molecule is C#CCCCC(=O)OS(C)(=O)=O. The summed E-state index contributed by atoms with van der Waals surface area (Å²) in [6.07, 6.45) is 6.68. The first-order valence-corrected chi connectivity index (χ1v) is 5.13. The number of carbonyl (C=O) groups excluding carboxylic acids is 1. The lowest BCUT2D eigenvalue weighted by molar-refractivity contribution is -0.133. The van der Waals surface area contributed by atoms with Crippen molar-refractivity contribution >= 4 is 16.1 Å². The number of terminal acetylenes is 1. The lowest BCUT2D eigenvalue weighted by atomic mass is 10.2. The van der Waals surface area contributed by atoms with Gasteiger partial charge in [-0.05, 0) is 6.42 Å². The molecule has 0 aromatic heterocycles. The topological polar surface area (TPSA) is 60.4 Å². The highest BCUT2D eigenvalue weighted by Crippen LogP contribution is 1.98. The maximum Gasteiger partial charge on any atom is 0.322 e. The Morgan fingerprint density at radius 1 is 1.58 bits per heavy atom. The normalized spacial score (nSPS) is 10.3. The molecule has 0 saturated carbocycles. The molecule has 68 valence electrons. The fourth-order valence-electron chi connectivity index (χ4n) is 0.545. The van der Waals surface area contributed by atoms with Crippen molar-refractivity contribution in [1.82, 2.24) is 0 Å². The largest absolute Gasteiger partial charge is 0.346 e. The van der Waals surface area contributed by atoms with E-state index in [-0.39, 0.29) is 6.42 Å². The molecule has 0 radical (unpaired) electrons. The van der Waals surface area contributed by atoms with Crippen LogP contribution in [-0.2, 0) is 19.1 Å². The molecular weight excluding hydrogens is 180 g/mol. The number of hydrogen-bond acceptors (Lipinski definition) is 4. The van der Waals surface area contributed by atoms with Gasteiger partial charge in [0, 0.05) is 12.8 Å². The van der Waals surface area contributed by atoms with Crippen molar-refractivity contribution in [1.29, 1.82) is 0 Å². The molecule has 0 atom stereocenters. The molecule has 0 saturated heterocycles. The summed E-state index contributed by atoms with van der Waals surface area (Å²) in [7, 11) is -3.66. The lowest BCUT2D eigenvalue weighted by Gasteiger charge is -1.98. The predicted molar refractivity (Wildman–Crippen MR) is 43.6 cm³/mol. The molecular formula is C7H10O4S. The van der Waals surface area contributed by atoms with Crippen LogP contribution in [0.4, 0.5) is 0 Å². The van der Waals surface area contributed by atoms with Crippen LogP contribution in [0.3, 0.4) is 0 Å². The second kappa shape index (κ2) is 4.78. The van der Waals surface area contributed by atoms with E-state index in [1.165, 1.54) is 0 Å². The van der Waals surface area contributed by atoms with E-state index < -0.39 is 16.1 Å². The van der Waals surface area contributed by atoms with Crippen molar-refractivity contribution in [3.63, 3.8) is 0 Å². The Kier molecular flexibility index (Phi) is 4.37. The van der Waals surface area contributed by atoms with E-state index in [1.54, 1.807) is 0 Å². The van der Waals surface area contributed by atoms with E-state index in [4.69, 9.17) is 6.42 Å². The molecule has 0 aromatic rings. The van der Waals surface area contributed by atoms with Crippen molar-refractivity contribution in [2.45, 2.75) is 19.3 Å². The smallest absolute Gasteiger partial charge is 0.322 e. The van der Waals surface area contributed by atoms with Gasteiger partial charge in [0.25, 0.3) is 0 Å². The molecule has 0 rings (SSSR count). The molecule has 0 N–H and O–H groups in total. The van der Waals surface area contributed by atoms with Crippen molar-refractivity contribution in [2.24, 2.45) is 0 Å². The van der Waals surface area contributed by atoms with Gasteiger partial charge in [0.15, 0.2) is 0 Å². The highest BCUT2D eigenvalue weighted by atomic mass is 32.2. The zero-order valence-corrected chi connectivity index (χ0v) is 7.56. The molecule has 5 heteroatoms. The maximum absolute atomic E-state index is 10.7. The Morgan fingerprint density at radius 2 is 2.17 bits per heavy atom. The average molecular weight is 190 g/mol. The number of unbranched alkanes of at least 4 members (excludes halogenated alkanes) is 1. The van der Waals surface area contributed by atoms with Crippen LogP contribution in [0.5, 0.6) is 0 Å². The molecule has 0 aliphatic carbocycles. The molecule has 0 spiro atoms. The highest BCUT2D eigenvalue weighted by Gasteiger charge is 2.09. The Labute approximate surface area is 72.0 Å². The summed E-state index contributed by atoms with van der Waals surface area (Å²) in [5, 5.41) is 0. The van der Waals surface area contributed by atoms with E-state index in [1.807, 2.05) is 0 Å². The third-order valence-corrected chi connectivity index (χ3v) is 1.43. The lowest BCUT2D eigenvalue weighted by Crippen LogP contribution is -2.10. The molecule has 0 fully saturated rings. The average Bonchev–Trinajstić information content (AvgIpc) is 1.84. The van der Waals surface area contributed by atoms with Crippen LogP contribution >= 0.6 is 0 Å².